The monoisotopic (exact) mass is 402 g/mol. The normalized spacial score (nSPS) is 16.5. The van der Waals surface area contributed by atoms with Gasteiger partial charge in [0.05, 0.1) is 6.61 Å². The van der Waals surface area contributed by atoms with Gasteiger partial charge in [0.2, 0.25) is 5.91 Å². The van der Waals surface area contributed by atoms with Crippen molar-refractivity contribution in [2.45, 2.75) is 25.8 Å². The van der Waals surface area contributed by atoms with E-state index in [0.29, 0.717) is 37.8 Å². The van der Waals surface area contributed by atoms with Gasteiger partial charge in [-0.05, 0) is 42.8 Å². The number of carbonyl (C=O) groups is 1. The molecule has 7 heteroatoms. The molecule has 1 saturated heterocycles. The molecule has 5 rings (SSSR count). The highest BCUT2D eigenvalue weighted by atomic mass is 16.5. The van der Waals surface area contributed by atoms with E-state index in [1.807, 2.05) is 66.6 Å². The maximum atomic E-state index is 12.6. The molecule has 0 bridgehead atoms. The van der Waals surface area contributed by atoms with Crippen molar-refractivity contribution in [3.05, 3.63) is 66.1 Å². The Morgan fingerprint density at radius 3 is 3.03 bits per heavy atom. The van der Waals surface area contributed by atoms with E-state index in [-0.39, 0.29) is 11.8 Å². The van der Waals surface area contributed by atoms with Gasteiger partial charge in [0.1, 0.15) is 5.75 Å². The molecular weight excluding hydrogens is 380 g/mol. The number of amides is 1. The lowest BCUT2D eigenvalue weighted by molar-refractivity contribution is -0.128. The van der Waals surface area contributed by atoms with Crippen molar-refractivity contribution >= 4 is 16.8 Å². The molecule has 30 heavy (non-hydrogen) atoms. The van der Waals surface area contributed by atoms with Crippen molar-refractivity contribution in [1.82, 2.24) is 20.0 Å². The predicted molar refractivity (Wildman–Crippen MR) is 112 cm³/mol. The molecule has 4 aromatic rings. The third-order valence-corrected chi connectivity index (χ3v) is 5.43. The molecule has 2 aromatic carbocycles. The number of carbonyl (C=O) groups excluding carboxylic acids is 1. The molecule has 7 nitrogen and oxygen atoms in total. The van der Waals surface area contributed by atoms with Gasteiger partial charge in [-0.1, -0.05) is 23.4 Å². The number of rotatable bonds is 6. The Hall–Kier alpha value is -3.61. The first-order chi connectivity index (χ1) is 14.7. The third-order valence-electron chi connectivity index (χ3n) is 5.43. The molecule has 0 saturated carbocycles. The lowest BCUT2D eigenvalue weighted by atomic mass is 10.1. The van der Waals surface area contributed by atoms with Gasteiger partial charge in [0, 0.05) is 48.1 Å². The summed E-state index contributed by atoms with van der Waals surface area (Å²) in [6, 6.07) is 15.8. The Labute approximate surface area is 173 Å². The Balaban J connectivity index is 1.33. The second kappa shape index (κ2) is 7.67. The summed E-state index contributed by atoms with van der Waals surface area (Å²) in [6.45, 7) is 3.69. The molecule has 1 aliphatic heterocycles. The Morgan fingerprint density at radius 2 is 2.13 bits per heavy atom. The largest absolute Gasteiger partial charge is 0.494 e. The number of hydrogen-bond donors (Lipinski definition) is 1. The number of aromatic amines is 1. The smallest absolute Gasteiger partial charge is 0.258 e. The number of aromatic nitrogens is 3. The highest BCUT2D eigenvalue weighted by Crippen LogP contribution is 2.31. The van der Waals surface area contributed by atoms with Gasteiger partial charge in [0.25, 0.3) is 5.89 Å². The minimum Gasteiger partial charge on any atom is -0.494 e. The molecule has 1 amide bonds. The first-order valence-corrected chi connectivity index (χ1v) is 10.1. The van der Waals surface area contributed by atoms with Crippen LogP contribution in [0, 0.1) is 0 Å². The fraction of sp³-hybridized carbons (Fsp3) is 0.261. The Bertz CT molecular complexity index is 1200. The Morgan fingerprint density at radius 1 is 1.23 bits per heavy atom. The zero-order valence-corrected chi connectivity index (χ0v) is 16.7. The molecule has 0 spiro atoms. The van der Waals surface area contributed by atoms with E-state index in [2.05, 4.69) is 15.1 Å². The first kappa shape index (κ1) is 18.4. The standard InChI is InChI=1S/C23H22N4O3/c1-2-29-17-6-3-5-15(11-17)13-27-14-16(12-21(27)28)22-25-23(30-26-22)19-7-4-8-20-18(19)9-10-24-20/h3-11,16,24H,2,12-14H2,1H3. The summed E-state index contributed by atoms with van der Waals surface area (Å²) < 4.78 is 11.1. The zero-order chi connectivity index (χ0) is 20.5. The molecule has 1 fully saturated rings. The number of benzene rings is 2. The quantitative estimate of drug-likeness (QED) is 0.524. The molecule has 1 N–H and O–H groups in total. The van der Waals surface area contributed by atoms with E-state index in [9.17, 15) is 4.79 Å². The van der Waals surface area contributed by atoms with Crippen LogP contribution in [0.2, 0.25) is 0 Å². The molecule has 1 aliphatic rings. The molecule has 1 unspecified atom stereocenters. The second-order valence-corrected chi connectivity index (χ2v) is 7.46. The van der Waals surface area contributed by atoms with Gasteiger partial charge < -0.3 is 19.1 Å². The van der Waals surface area contributed by atoms with Crippen molar-refractivity contribution in [3.8, 4) is 17.2 Å². The van der Waals surface area contributed by atoms with E-state index in [4.69, 9.17) is 9.26 Å². The summed E-state index contributed by atoms with van der Waals surface area (Å²) in [5, 5.41) is 5.22. The first-order valence-electron chi connectivity index (χ1n) is 10.1. The maximum absolute atomic E-state index is 12.6. The number of likely N-dealkylation sites (tertiary alicyclic amines) is 1. The van der Waals surface area contributed by atoms with E-state index in [1.54, 1.807) is 0 Å². The second-order valence-electron chi connectivity index (χ2n) is 7.46. The van der Waals surface area contributed by atoms with Crippen LogP contribution < -0.4 is 4.74 Å². The van der Waals surface area contributed by atoms with Crippen molar-refractivity contribution < 1.29 is 14.1 Å². The van der Waals surface area contributed by atoms with Crippen molar-refractivity contribution in [3.63, 3.8) is 0 Å². The predicted octanol–water partition coefficient (Wildman–Crippen LogP) is 4.13. The van der Waals surface area contributed by atoms with Crippen LogP contribution in [0.5, 0.6) is 5.75 Å². The van der Waals surface area contributed by atoms with E-state index < -0.39 is 0 Å². The third kappa shape index (κ3) is 3.43. The molecular formula is C23H22N4O3. The number of fused-ring (bicyclic) bond motifs is 1. The van der Waals surface area contributed by atoms with Crippen LogP contribution in [0.3, 0.4) is 0 Å². The van der Waals surface area contributed by atoms with Crippen LogP contribution in [0.1, 0.15) is 30.7 Å². The van der Waals surface area contributed by atoms with Crippen LogP contribution in [0.15, 0.2) is 59.3 Å². The van der Waals surface area contributed by atoms with Gasteiger partial charge in [-0.3, -0.25) is 4.79 Å². The average molecular weight is 402 g/mol. The topological polar surface area (TPSA) is 84.2 Å². The van der Waals surface area contributed by atoms with Crippen LogP contribution in [0.4, 0.5) is 0 Å². The van der Waals surface area contributed by atoms with Crippen molar-refractivity contribution in [2.24, 2.45) is 0 Å². The van der Waals surface area contributed by atoms with E-state index in [1.165, 1.54) is 0 Å². The van der Waals surface area contributed by atoms with E-state index >= 15 is 0 Å². The van der Waals surface area contributed by atoms with Gasteiger partial charge in [0.15, 0.2) is 5.82 Å². The SMILES string of the molecule is CCOc1cccc(CN2CC(c3noc(-c4cccc5[nH]ccc45)n3)CC2=O)c1. The molecule has 0 radical (unpaired) electrons. The van der Waals surface area contributed by atoms with Gasteiger partial charge in [-0.25, -0.2) is 0 Å². The van der Waals surface area contributed by atoms with Crippen LogP contribution in [-0.4, -0.2) is 39.1 Å². The van der Waals surface area contributed by atoms with Crippen molar-refractivity contribution in [2.75, 3.05) is 13.2 Å². The minimum atomic E-state index is -0.0736. The summed E-state index contributed by atoms with van der Waals surface area (Å²) >= 11 is 0. The van der Waals surface area contributed by atoms with Gasteiger partial charge in [-0.2, -0.15) is 4.98 Å². The van der Waals surface area contributed by atoms with E-state index in [0.717, 1.165) is 27.8 Å². The summed E-state index contributed by atoms with van der Waals surface area (Å²) in [7, 11) is 0. The molecule has 0 aliphatic carbocycles. The fourth-order valence-electron chi connectivity index (χ4n) is 4.00. The summed E-state index contributed by atoms with van der Waals surface area (Å²) in [5.74, 6) is 1.90. The number of nitrogens with zero attached hydrogens (tertiary/aromatic N) is 3. The molecule has 1 atom stereocenters. The number of nitrogens with one attached hydrogen (secondary N) is 1. The number of H-pyrrole nitrogens is 1. The lowest BCUT2D eigenvalue weighted by Gasteiger charge is -2.16. The molecule has 152 valence electrons. The fourth-order valence-corrected chi connectivity index (χ4v) is 4.00. The minimum absolute atomic E-state index is 0.0736. The van der Waals surface area contributed by atoms with Crippen LogP contribution in [0.25, 0.3) is 22.4 Å². The number of hydrogen-bond acceptors (Lipinski definition) is 5. The zero-order valence-electron chi connectivity index (χ0n) is 16.7. The summed E-state index contributed by atoms with van der Waals surface area (Å²) in [6.07, 6.45) is 2.28. The van der Waals surface area contributed by atoms with Crippen molar-refractivity contribution in [1.29, 1.82) is 0 Å². The number of ether oxygens (including phenoxy) is 1. The molecule has 3 heterocycles. The summed E-state index contributed by atoms with van der Waals surface area (Å²) in [4.78, 5) is 22.2. The maximum Gasteiger partial charge on any atom is 0.258 e. The van der Waals surface area contributed by atoms with Crippen LogP contribution in [-0.2, 0) is 11.3 Å². The van der Waals surface area contributed by atoms with Crippen LogP contribution >= 0.6 is 0 Å². The van der Waals surface area contributed by atoms with Gasteiger partial charge in [-0.15, -0.1) is 0 Å². The average Bonchev–Trinajstić information content (AvgIpc) is 3.48. The highest BCUT2D eigenvalue weighted by molar-refractivity contribution is 5.92. The lowest BCUT2D eigenvalue weighted by Crippen LogP contribution is -2.24. The highest BCUT2D eigenvalue weighted by Gasteiger charge is 2.34. The Kier molecular flexibility index (Phi) is 4.71. The van der Waals surface area contributed by atoms with Gasteiger partial charge >= 0.3 is 0 Å². The molecule has 2 aromatic heterocycles. The summed E-state index contributed by atoms with van der Waals surface area (Å²) in [5.41, 5.74) is 2.95.